The third-order valence-corrected chi connectivity index (χ3v) is 3.99. The largest absolute Gasteiger partial charge is 0.494 e. The first-order chi connectivity index (χ1) is 9.31. The van der Waals surface area contributed by atoms with Crippen LogP contribution in [-0.2, 0) is 0 Å². The fourth-order valence-corrected chi connectivity index (χ4v) is 2.52. The van der Waals surface area contributed by atoms with Crippen molar-refractivity contribution in [1.29, 1.82) is 0 Å². The van der Waals surface area contributed by atoms with Crippen molar-refractivity contribution in [3.05, 3.63) is 24.3 Å². The molecule has 1 aromatic carbocycles. The average molecular weight is 260 g/mol. The summed E-state index contributed by atoms with van der Waals surface area (Å²) in [5, 5.41) is 0. The zero-order valence-corrected chi connectivity index (χ0v) is 11.6. The number of anilines is 1. The standard InChI is InChI=1S/C16H24N2O/c17-14-4-8-16(9-5-14)19-11-1-10-18(15-6-7-15)12-13-2-3-13/h4-5,8-9,13,15H,1-3,6-7,10-12,17H2. The molecule has 0 heterocycles. The van der Waals surface area contributed by atoms with Gasteiger partial charge in [0.05, 0.1) is 6.61 Å². The van der Waals surface area contributed by atoms with Crippen LogP contribution in [0, 0.1) is 5.92 Å². The van der Waals surface area contributed by atoms with Gasteiger partial charge in [-0.2, -0.15) is 0 Å². The Morgan fingerprint density at radius 3 is 2.47 bits per heavy atom. The highest BCUT2D eigenvalue weighted by Crippen LogP contribution is 2.34. The lowest BCUT2D eigenvalue weighted by molar-refractivity contribution is 0.220. The first-order valence-electron chi connectivity index (χ1n) is 7.53. The number of nitrogen functional groups attached to an aromatic ring is 1. The Morgan fingerprint density at radius 2 is 1.84 bits per heavy atom. The SMILES string of the molecule is Nc1ccc(OCCCN(CC2CC2)C2CC2)cc1. The molecule has 19 heavy (non-hydrogen) atoms. The number of ether oxygens (including phenoxy) is 1. The molecule has 0 aliphatic heterocycles. The summed E-state index contributed by atoms with van der Waals surface area (Å²) in [4.78, 5) is 2.68. The molecule has 3 rings (SSSR count). The van der Waals surface area contributed by atoms with E-state index >= 15 is 0 Å². The lowest BCUT2D eigenvalue weighted by atomic mass is 10.3. The molecule has 2 N–H and O–H groups in total. The van der Waals surface area contributed by atoms with Crippen LogP contribution in [0.3, 0.4) is 0 Å². The minimum absolute atomic E-state index is 0.789. The maximum atomic E-state index is 5.75. The molecule has 104 valence electrons. The number of hydrogen-bond acceptors (Lipinski definition) is 3. The van der Waals surface area contributed by atoms with Crippen molar-refractivity contribution in [2.75, 3.05) is 25.4 Å². The minimum Gasteiger partial charge on any atom is -0.494 e. The van der Waals surface area contributed by atoms with Crippen LogP contribution in [0.5, 0.6) is 5.75 Å². The van der Waals surface area contributed by atoms with E-state index in [-0.39, 0.29) is 0 Å². The molecular formula is C16H24N2O. The van der Waals surface area contributed by atoms with E-state index in [0.29, 0.717) is 0 Å². The summed E-state index contributed by atoms with van der Waals surface area (Å²) in [6, 6.07) is 8.55. The van der Waals surface area contributed by atoms with E-state index in [1.165, 1.54) is 38.8 Å². The van der Waals surface area contributed by atoms with Gasteiger partial charge in [0.25, 0.3) is 0 Å². The second-order valence-electron chi connectivity index (χ2n) is 5.94. The zero-order chi connectivity index (χ0) is 13.1. The molecule has 0 aromatic heterocycles. The second kappa shape index (κ2) is 5.83. The number of nitrogens with zero attached hydrogens (tertiary/aromatic N) is 1. The molecule has 3 heteroatoms. The Hall–Kier alpha value is -1.22. The normalized spacial score (nSPS) is 18.8. The zero-order valence-electron chi connectivity index (χ0n) is 11.6. The van der Waals surface area contributed by atoms with Crippen molar-refractivity contribution in [1.82, 2.24) is 4.90 Å². The summed E-state index contributed by atoms with van der Waals surface area (Å²) < 4.78 is 5.75. The van der Waals surface area contributed by atoms with Gasteiger partial charge in [0.1, 0.15) is 5.75 Å². The molecule has 2 fully saturated rings. The summed E-state index contributed by atoms with van der Waals surface area (Å²) in [5.74, 6) is 1.92. The van der Waals surface area contributed by atoms with E-state index in [1.54, 1.807) is 0 Å². The van der Waals surface area contributed by atoms with Crippen LogP contribution in [0.25, 0.3) is 0 Å². The highest BCUT2D eigenvalue weighted by molar-refractivity contribution is 5.41. The van der Waals surface area contributed by atoms with Gasteiger partial charge < -0.3 is 10.5 Å². The van der Waals surface area contributed by atoms with Gasteiger partial charge in [-0.3, -0.25) is 4.90 Å². The van der Waals surface area contributed by atoms with E-state index in [9.17, 15) is 0 Å². The van der Waals surface area contributed by atoms with Gasteiger partial charge in [-0.05, 0) is 62.3 Å². The van der Waals surface area contributed by atoms with Crippen LogP contribution >= 0.6 is 0 Å². The molecule has 0 saturated heterocycles. The monoisotopic (exact) mass is 260 g/mol. The average Bonchev–Trinajstić information content (AvgIpc) is 3.27. The summed E-state index contributed by atoms with van der Waals surface area (Å²) >= 11 is 0. The molecule has 2 saturated carbocycles. The molecule has 0 unspecified atom stereocenters. The van der Waals surface area contributed by atoms with Crippen molar-refractivity contribution in [2.45, 2.75) is 38.1 Å². The summed E-state index contributed by atoms with van der Waals surface area (Å²) in [5.41, 5.74) is 6.44. The van der Waals surface area contributed by atoms with Crippen LogP contribution in [0.4, 0.5) is 5.69 Å². The van der Waals surface area contributed by atoms with Crippen LogP contribution < -0.4 is 10.5 Å². The Labute approximate surface area is 115 Å². The van der Waals surface area contributed by atoms with E-state index in [0.717, 1.165) is 36.4 Å². The lowest BCUT2D eigenvalue weighted by Gasteiger charge is -2.21. The lowest BCUT2D eigenvalue weighted by Crippen LogP contribution is -2.30. The molecule has 0 bridgehead atoms. The van der Waals surface area contributed by atoms with E-state index < -0.39 is 0 Å². The number of rotatable bonds is 8. The number of hydrogen-bond donors (Lipinski definition) is 1. The van der Waals surface area contributed by atoms with Crippen molar-refractivity contribution in [2.24, 2.45) is 5.92 Å². The fraction of sp³-hybridized carbons (Fsp3) is 0.625. The molecule has 0 atom stereocenters. The quantitative estimate of drug-likeness (QED) is 0.577. The predicted octanol–water partition coefficient (Wildman–Crippen LogP) is 2.91. The van der Waals surface area contributed by atoms with E-state index in [2.05, 4.69) is 4.90 Å². The van der Waals surface area contributed by atoms with Gasteiger partial charge in [0.15, 0.2) is 0 Å². The fourth-order valence-electron chi connectivity index (χ4n) is 2.52. The van der Waals surface area contributed by atoms with Crippen molar-refractivity contribution in [3.8, 4) is 5.75 Å². The smallest absolute Gasteiger partial charge is 0.119 e. The van der Waals surface area contributed by atoms with Crippen molar-refractivity contribution in [3.63, 3.8) is 0 Å². The molecule has 0 spiro atoms. The molecule has 2 aliphatic carbocycles. The highest BCUT2D eigenvalue weighted by Gasteiger charge is 2.33. The Kier molecular flexibility index (Phi) is 3.92. The topological polar surface area (TPSA) is 38.5 Å². The van der Waals surface area contributed by atoms with E-state index in [1.807, 2.05) is 24.3 Å². The second-order valence-corrected chi connectivity index (χ2v) is 5.94. The minimum atomic E-state index is 0.789. The van der Waals surface area contributed by atoms with Gasteiger partial charge >= 0.3 is 0 Å². The Bertz CT molecular complexity index is 396. The Morgan fingerprint density at radius 1 is 1.11 bits per heavy atom. The first kappa shape index (κ1) is 12.8. The maximum absolute atomic E-state index is 5.75. The molecule has 0 radical (unpaired) electrons. The van der Waals surface area contributed by atoms with Gasteiger partial charge in [-0.25, -0.2) is 0 Å². The maximum Gasteiger partial charge on any atom is 0.119 e. The van der Waals surface area contributed by atoms with Gasteiger partial charge in [-0.15, -0.1) is 0 Å². The van der Waals surface area contributed by atoms with Gasteiger partial charge in [-0.1, -0.05) is 0 Å². The summed E-state index contributed by atoms with van der Waals surface area (Å²) in [6.45, 7) is 3.32. The van der Waals surface area contributed by atoms with Gasteiger partial charge in [0, 0.05) is 24.8 Å². The van der Waals surface area contributed by atoms with Crippen LogP contribution in [-0.4, -0.2) is 30.6 Å². The molecule has 0 amide bonds. The number of benzene rings is 1. The Balaban J connectivity index is 1.35. The van der Waals surface area contributed by atoms with Crippen LogP contribution in [0.15, 0.2) is 24.3 Å². The first-order valence-corrected chi connectivity index (χ1v) is 7.53. The van der Waals surface area contributed by atoms with Crippen molar-refractivity contribution < 1.29 is 4.74 Å². The van der Waals surface area contributed by atoms with Crippen LogP contribution in [0.2, 0.25) is 0 Å². The molecule has 1 aromatic rings. The third-order valence-electron chi connectivity index (χ3n) is 3.99. The van der Waals surface area contributed by atoms with Crippen LogP contribution in [0.1, 0.15) is 32.1 Å². The predicted molar refractivity (Wildman–Crippen MR) is 78.3 cm³/mol. The summed E-state index contributed by atoms with van der Waals surface area (Å²) in [7, 11) is 0. The van der Waals surface area contributed by atoms with Gasteiger partial charge in [0.2, 0.25) is 0 Å². The highest BCUT2D eigenvalue weighted by atomic mass is 16.5. The third kappa shape index (κ3) is 4.13. The van der Waals surface area contributed by atoms with Crippen molar-refractivity contribution >= 4 is 5.69 Å². The molecule has 3 nitrogen and oxygen atoms in total. The number of nitrogens with two attached hydrogens (primary N) is 1. The molecular weight excluding hydrogens is 236 g/mol. The summed E-state index contributed by atoms with van der Waals surface area (Å²) in [6.07, 6.45) is 6.83. The van der Waals surface area contributed by atoms with E-state index in [4.69, 9.17) is 10.5 Å². The molecule has 2 aliphatic rings.